The lowest BCUT2D eigenvalue weighted by Crippen LogP contribution is -2.41. The van der Waals surface area contributed by atoms with Crippen molar-refractivity contribution in [2.24, 2.45) is 0 Å². The Morgan fingerprint density at radius 3 is 2.12 bits per heavy atom. The maximum atomic E-state index is 6.08. The topological polar surface area (TPSA) is 27.7 Å². The molecule has 4 heteroatoms. The Morgan fingerprint density at radius 1 is 1.06 bits per heavy atom. The second-order valence-electron chi connectivity index (χ2n) is 6.39. The first kappa shape index (κ1) is 13.4. The molecule has 2 rings (SSSR count). The van der Waals surface area contributed by atoms with E-state index in [1.165, 1.54) is 12.8 Å². The summed E-state index contributed by atoms with van der Waals surface area (Å²) in [5.41, 5.74) is -0.471. The van der Waals surface area contributed by atoms with E-state index in [0.29, 0.717) is 11.9 Å². The molecule has 2 atom stereocenters. The first-order chi connectivity index (χ1) is 7.83. The van der Waals surface area contributed by atoms with Crippen LogP contribution in [0.4, 0.5) is 0 Å². The Hall–Kier alpha value is -0.0551. The van der Waals surface area contributed by atoms with Gasteiger partial charge in [0.1, 0.15) is 0 Å². The van der Waals surface area contributed by atoms with Crippen LogP contribution in [-0.4, -0.2) is 31.0 Å². The van der Waals surface area contributed by atoms with Crippen LogP contribution < -0.4 is 0 Å². The third kappa shape index (κ3) is 2.54. The average molecular weight is 240 g/mol. The average Bonchev–Trinajstić information content (AvgIpc) is 2.48. The smallest absolute Gasteiger partial charge is 0.403 e. The summed E-state index contributed by atoms with van der Waals surface area (Å²) >= 11 is 0. The van der Waals surface area contributed by atoms with Gasteiger partial charge in [-0.1, -0.05) is 6.92 Å². The Kier molecular flexibility index (Phi) is 3.59. The highest BCUT2D eigenvalue weighted by molar-refractivity contribution is 6.47. The molecule has 0 aromatic heterocycles. The summed E-state index contributed by atoms with van der Waals surface area (Å²) in [4.78, 5) is 0. The van der Waals surface area contributed by atoms with E-state index in [4.69, 9.17) is 14.0 Å². The molecule has 3 nitrogen and oxygen atoms in total. The number of hydrogen-bond donors (Lipinski definition) is 0. The summed E-state index contributed by atoms with van der Waals surface area (Å²) in [6.45, 7) is 11.5. The summed E-state index contributed by atoms with van der Waals surface area (Å²) in [6, 6.07) is 0. The van der Waals surface area contributed by atoms with Crippen LogP contribution in [0.15, 0.2) is 0 Å². The molecule has 98 valence electrons. The summed E-state index contributed by atoms with van der Waals surface area (Å²) in [6.07, 6.45) is 3.87. The zero-order valence-corrected chi connectivity index (χ0v) is 11.8. The van der Waals surface area contributed by atoms with Crippen LogP contribution in [0.5, 0.6) is 0 Å². The molecule has 2 aliphatic heterocycles. The minimum Gasteiger partial charge on any atom is -0.403 e. The standard InChI is InChI=1S/C13H25BO3/c1-10(11-8-6-7-9-15-11)14-16-12(2,3)13(4,5)17-14/h10-11H,6-9H2,1-5H3. The molecule has 2 fully saturated rings. The van der Waals surface area contributed by atoms with E-state index in [-0.39, 0.29) is 18.3 Å². The number of ether oxygens (including phenoxy) is 1. The highest BCUT2D eigenvalue weighted by Crippen LogP contribution is 2.41. The predicted octanol–water partition coefficient (Wildman–Crippen LogP) is 3.04. The zero-order chi connectivity index (χ0) is 12.7. The fraction of sp³-hybridized carbons (Fsp3) is 1.00. The van der Waals surface area contributed by atoms with Crippen LogP contribution in [0.1, 0.15) is 53.9 Å². The first-order valence-electron chi connectivity index (χ1n) is 6.81. The molecule has 17 heavy (non-hydrogen) atoms. The minimum absolute atomic E-state index is 0.136. The van der Waals surface area contributed by atoms with E-state index in [0.717, 1.165) is 13.0 Å². The monoisotopic (exact) mass is 240 g/mol. The molecule has 2 heterocycles. The quantitative estimate of drug-likeness (QED) is 0.694. The van der Waals surface area contributed by atoms with Gasteiger partial charge in [-0.05, 0) is 47.0 Å². The molecule has 0 spiro atoms. The molecule has 0 aromatic rings. The normalized spacial score (nSPS) is 33.7. The van der Waals surface area contributed by atoms with Gasteiger partial charge in [0, 0.05) is 12.4 Å². The Balaban J connectivity index is 1.99. The van der Waals surface area contributed by atoms with Gasteiger partial charge >= 0.3 is 7.12 Å². The van der Waals surface area contributed by atoms with Crippen molar-refractivity contribution in [2.45, 2.75) is 77.0 Å². The number of rotatable bonds is 2. The van der Waals surface area contributed by atoms with Crippen LogP contribution in [0.25, 0.3) is 0 Å². The Morgan fingerprint density at radius 2 is 1.65 bits per heavy atom. The fourth-order valence-corrected chi connectivity index (χ4v) is 2.46. The van der Waals surface area contributed by atoms with Gasteiger partial charge in [0.25, 0.3) is 0 Å². The van der Waals surface area contributed by atoms with Gasteiger partial charge in [-0.3, -0.25) is 0 Å². The van der Waals surface area contributed by atoms with Gasteiger partial charge in [0.05, 0.1) is 17.3 Å². The van der Waals surface area contributed by atoms with Gasteiger partial charge in [-0.25, -0.2) is 0 Å². The predicted molar refractivity (Wildman–Crippen MR) is 69.1 cm³/mol. The van der Waals surface area contributed by atoms with Crippen LogP contribution in [0.2, 0.25) is 5.82 Å². The second kappa shape index (κ2) is 4.56. The lowest BCUT2D eigenvalue weighted by atomic mass is 9.68. The van der Waals surface area contributed by atoms with Crippen LogP contribution >= 0.6 is 0 Å². The van der Waals surface area contributed by atoms with E-state index in [1.54, 1.807) is 0 Å². The van der Waals surface area contributed by atoms with E-state index in [1.807, 2.05) is 0 Å². The van der Waals surface area contributed by atoms with Crippen LogP contribution in [0, 0.1) is 0 Å². The molecule has 0 aliphatic carbocycles. The van der Waals surface area contributed by atoms with E-state index < -0.39 is 0 Å². The van der Waals surface area contributed by atoms with Crippen LogP contribution in [0.3, 0.4) is 0 Å². The third-order valence-corrected chi connectivity index (χ3v) is 4.50. The van der Waals surface area contributed by atoms with Crippen molar-refractivity contribution in [3.05, 3.63) is 0 Å². The number of hydrogen-bond acceptors (Lipinski definition) is 3. The first-order valence-corrected chi connectivity index (χ1v) is 6.81. The van der Waals surface area contributed by atoms with Gasteiger partial charge in [-0.15, -0.1) is 0 Å². The van der Waals surface area contributed by atoms with Crippen molar-refractivity contribution in [3.63, 3.8) is 0 Å². The summed E-state index contributed by atoms with van der Waals surface area (Å²) in [7, 11) is -0.136. The maximum absolute atomic E-state index is 6.08. The molecule has 0 amide bonds. The lowest BCUT2D eigenvalue weighted by Gasteiger charge is -2.32. The van der Waals surface area contributed by atoms with E-state index in [2.05, 4.69) is 34.6 Å². The molecular weight excluding hydrogens is 215 g/mol. The molecule has 2 unspecified atom stereocenters. The lowest BCUT2D eigenvalue weighted by molar-refractivity contribution is 0.00578. The third-order valence-electron chi connectivity index (χ3n) is 4.50. The largest absolute Gasteiger partial charge is 0.463 e. The van der Waals surface area contributed by atoms with Crippen molar-refractivity contribution in [1.29, 1.82) is 0 Å². The molecule has 0 aromatic carbocycles. The second-order valence-corrected chi connectivity index (χ2v) is 6.39. The molecule has 0 saturated carbocycles. The Labute approximate surface area is 105 Å². The molecule has 2 saturated heterocycles. The minimum atomic E-state index is -0.236. The van der Waals surface area contributed by atoms with E-state index >= 15 is 0 Å². The molecule has 0 bridgehead atoms. The van der Waals surface area contributed by atoms with E-state index in [9.17, 15) is 0 Å². The summed E-state index contributed by atoms with van der Waals surface area (Å²) < 4.78 is 18.0. The fourth-order valence-electron chi connectivity index (χ4n) is 2.46. The van der Waals surface area contributed by atoms with Crippen molar-refractivity contribution >= 4 is 7.12 Å². The molecule has 0 N–H and O–H groups in total. The van der Waals surface area contributed by atoms with Crippen molar-refractivity contribution in [1.82, 2.24) is 0 Å². The molecule has 0 radical (unpaired) electrons. The molecule has 2 aliphatic rings. The van der Waals surface area contributed by atoms with Gasteiger partial charge in [0.15, 0.2) is 0 Å². The van der Waals surface area contributed by atoms with Crippen molar-refractivity contribution < 1.29 is 14.0 Å². The SMILES string of the molecule is CC(B1OC(C)(C)C(C)(C)O1)C1CCCCO1. The highest BCUT2D eigenvalue weighted by atomic mass is 16.7. The van der Waals surface area contributed by atoms with Gasteiger partial charge < -0.3 is 14.0 Å². The Bertz CT molecular complexity index is 256. The molecular formula is C13H25BO3. The summed E-state index contributed by atoms with van der Waals surface area (Å²) in [5.74, 6) is 0.302. The highest BCUT2D eigenvalue weighted by Gasteiger charge is 2.54. The summed E-state index contributed by atoms with van der Waals surface area (Å²) in [5, 5.41) is 0. The van der Waals surface area contributed by atoms with Crippen LogP contribution in [-0.2, 0) is 14.0 Å². The zero-order valence-electron chi connectivity index (χ0n) is 11.8. The van der Waals surface area contributed by atoms with Crippen molar-refractivity contribution in [3.8, 4) is 0 Å². The van der Waals surface area contributed by atoms with Gasteiger partial charge in [0.2, 0.25) is 0 Å². The van der Waals surface area contributed by atoms with Crippen molar-refractivity contribution in [2.75, 3.05) is 6.61 Å². The maximum Gasteiger partial charge on any atom is 0.463 e. The van der Waals surface area contributed by atoms with Gasteiger partial charge in [-0.2, -0.15) is 0 Å².